The lowest BCUT2D eigenvalue weighted by molar-refractivity contribution is -0.113. The Kier molecular flexibility index (Phi) is 6.81. The van der Waals surface area contributed by atoms with Crippen LogP contribution in [-0.2, 0) is 4.79 Å². The van der Waals surface area contributed by atoms with Gasteiger partial charge in [0.25, 0.3) is 5.91 Å². The monoisotopic (exact) mass is 475 g/mol. The average molecular weight is 476 g/mol. The highest BCUT2D eigenvalue weighted by molar-refractivity contribution is 8.01. The third-order valence-corrected chi connectivity index (χ3v) is 7.45. The second-order valence-electron chi connectivity index (χ2n) is 8.04. The molecule has 5 nitrogen and oxygen atoms in total. The van der Waals surface area contributed by atoms with Gasteiger partial charge in [0.15, 0.2) is 4.34 Å². The number of carbonyl (C=O) groups excluding carboxylic acids is 2. The Hall–Kier alpha value is -3.16. The van der Waals surface area contributed by atoms with Gasteiger partial charge in [-0.05, 0) is 68.7 Å². The van der Waals surface area contributed by atoms with Crippen LogP contribution in [0.1, 0.15) is 32.6 Å². The number of benzene rings is 3. The highest BCUT2D eigenvalue weighted by Gasteiger charge is 2.13. The quantitative estimate of drug-likeness (QED) is 0.312. The van der Waals surface area contributed by atoms with Crippen LogP contribution in [-0.4, -0.2) is 22.6 Å². The van der Waals surface area contributed by atoms with Crippen LogP contribution in [0.25, 0.3) is 10.2 Å². The molecule has 0 spiro atoms. The normalized spacial score (nSPS) is 10.9. The molecule has 2 N–H and O–H groups in total. The van der Waals surface area contributed by atoms with Crippen LogP contribution in [0.5, 0.6) is 0 Å². The summed E-state index contributed by atoms with van der Waals surface area (Å²) in [5, 5.41) is 5.99. The maximum absolute atomic E-state index is 12.6. The van der Waals surface area contributed by atoms with Crippen molar-refractivity contribution in [2.75, 3.05) is 16.4 Å². The molecule has 0 saturated carbocycles. The van der Waals surface area contributed by atoms with Crippen LogP contribution in [0, 0.1) is 27.7 Å². The number of hydrogen-bond donors (Lipinski definition) is 2. The van der Waals surface area contributed by atoms with E-state index in [2.05, 4.69) is 27.8 Å². The molecule has 0 aliphatic carbocycles. The summed E-state index contributed by atoms with van der Waals surface area (Å²) in [5.74, 6) is 0.0918. The summed E-state index contributed by atoms with van der Waals surface area (Å²) in [6.45, 7) is 7.98. The fourth-order valence-electron chi connectivity index (χ4n) is 3.75. The van der Waals surface area contributed by atoms with Crippen molar-refractivity contribution in [3.05, 3.63) is 82.4 Å². The predicted molar refractivity (Wildman–Crippen MR) is 139 cm³/mol. The molecule has 1 aromatic heterocycles. The van der Waals surface area contributed by atoms with Crippen molar-refractivity contribution in [1.82, 2.24) is 4.98 Å². The number of thiazole rings is 1. The van der Waals surface area contributed by atoms with E-state index in [1.807, 2.05) is 70.2 Å². The molecular formula is C26H25N3O2S2. The van der Waals surface area contributed by atoms with E-state index in [1.165, 1.54) is 28.7 Å². The molecule has 1 heterocycles. The van der Waals surface area contributed by atoms with E-state index >= 15 is 0 Å². The fourth-order valence-corrected chi connectivity index (χ4v) is 5.66. The highest BCUT2D eigenvalue weighted by Crippen LogP contribution is 2.32. The van der Waals surface area contributed by atoms with Gasteiger partial charge in [-0.15, -0.1) is 11.3 Å². The van der Waals surface area contributed by atoms with Gasteiger partial charge in [0.2, 0.25) is 5.91 Å². The topological polar surface area (TPSA) is 71.1 Å². The maximum Gasteiger partial charge on any atom is 0.255 e. The minimum atomic E-state index is -0.134. The number of fused-ring (bicyclic) bond motifs is 1. The summed E-state index contributed by atoms with van der Waals surface area (Å²) in [6, 6.07) is 17.3. The average Bonchev–Trinajstić information content (AvgIpc) is 3.17. The lowest BCUT2D eigenvalue weighted by atomic mass is 10.1. The van der Waals surface area contributed by atoms with Crippen LogP contribution in [0.4, 0.5) is 11.4 Å². The third-order valence-electron chi connectivity index (χ3n) is 5.28. The number of thioether (sulfide) groups is 1. The van der Waals surface area contributed by atoms with Crippen molar-refractivity contribution < 1.29 is 9.59 Å². The van der Waals surface area contributed by atoms with E-state index in [4.69, 9.17) is 0 Å². The first kappa shape index (κ1) is 23.0. The van der Waals surface area contributed by atoms with E-state index in [9.17, 15) is 9.59 Å². The Morgan fingerprint density at radius 2 is 1.64 bits per heavy atom. The summed E-state index contributed by atoms with van der Waals surface area (Å²) < 4.78 is 1.78. The van der Waals surface area contributed by atoms with Crippen LogP contribution >= 0.6 is 23.1 Å². The Morgan fingerprint density at radius 3 is 2.36 bits per heavy atom. The SMILES string of the molecule is Cc1cc(C)c(NC(=O)CSc2nc3ccc(NC(=O)c4ccccc4C)cc3s2)c(C)c1. The summed E-state index contributed by atoms with van der Waals surface area (Å²) in [5.41, 5.74) is 7.34. The number of carbonyl (C=O) groups is 2. The summed E-state index contributed by atoms with van der Waals surface area (Å²) in [6.07, 6.45) is 0. The molecule has 0 aliphatic heterocycles. The number of rotatable bonds is 6. The van der Waals surface area contributed by atoms with Crippen molar-refractivity contribution in [3.8, 4) is 0 Å². The molecule has 0 aliphatic rings. The maximum atomic E-state index is 12.6. The first-order chi connectivity index (χ1) is 15.8. The van der Waals surface area contributed by atoms with Gasteiger partial charge in [-0.2, -0.15) is 0 Å². The zero-order chi connectivity index (χ0) is 23.5. The predicted octanol–water partition coefficient (Wildman–Crippen LogP) is 6.51. The summed E-state index contributed by atoms with van der Waals surface area (Å²) >= 11 is 2.93. The molecule has 0 radical (unpaired) electrons. The first-order valence-electron chi connectivity index (χ1n) is 10.6. The summed E-state index contributed by atoms with van der Waals surface area (Å²) in [7, 11) is 0. The molecule has 2 amide bonds. The molecule has 3 aromatic carbocycles. The number of nitrogens with zero attached hydrogens (tertiary/aromatic N) is 1. The number of aryl methyl sites for hydroxylation is 4. The van der Waals surface area contributed by atoms with Crippen molar-refractivity contribution in [2.45, 2.75) is 32.0 Å². The Bertz CT molecular complexity index is 1340. The molecule has 0 unspecified atom stereocenters. The van der Waals surface area contributed by atoms with E-state index in [0.717, 1.165) is 42.6 Å². The molecule has 4 aromatic rings. The van der Waals surface area contributed by atoms with Gasteiger partial charge in [-0.3, -0.25) is 9.59 Å². The zero-order valence-corrected chi connectivity index (χ0v) is 20.6. The minimum Gasteiger partial charge on any atom is -0.325 e. The number of anilines is 2. The lowest BCUT2D eigenvalue weighted by Crippen LogP contribution is -2.15. The Labute approximate surface area is 201 Å². The standard InChI is InChI=1S/C26H25N3O2S2/c1-15-11-17(3)24(18(4)12-15)29-23(30)14-32-26-28-21-10-9-19(13-22(21)33-26)27-25(31)20-8-6-5-7-16(20)2/h5-13H,14H2,1-4H3,(H,27,31)(H,29,30). The number of nitrogens with one attached hydrogen (secondary N) is 2. The smallest absolute Gasteiger partial charge is 0.255 e. The van der Waals surface area contributed by atoms with Gasteiger partial charge < -0.3 is 10.6 Å². The number of hydrogen-bond acceptors (Lipinski definition) is 5. The lowest BCUT2D eigenvalue weighted by Gasteiger charge is -2.12. The van der Waals surface area contributed by atoms with E-state index in [0.29, 0.717) is 5.56 Å². The van der Waals surface area contributed by atoms with Crippen LogP contribution in [0.2, 0.25) is 0 Å². The third kappa shape index (κ3) is 5.43. The first-order valence-corrected chi connectivity index (χ1v) is 12.4. The fraction of sp³-hybridized carbons (Fsp3) is 0.192. The molecule has 0 atom stereocenters. The molecule has 7 heteroatoms. The van der Waals surface area contributed by atoms with Gasteiger partial charge in [-0.25, -0.2) is 4.98 Å². The van der Waals surface area contributed by atoms with Gasteiger partial charge in [0, 0.05) is 16.9 Å². The largest absolute Gasteiger partial charge is 0.325 e. The van der Waals surface area contributed by atoms with Gasteiger partial charge in [0.05, 0.1) is 16.0 Å². The van der Waals surface area contributed by atoms with Crippen molar-refractivity contribution in [2.24, 2.45) is 0 Å². The molecule has 0 fully saturated rings. The second kappa shape index (κ2) is 9.77. The van der Waals surface area contributed by atoms with Crippen LogP contribution in [0.3, 0.4) is 0 Å². The zero-order valence-electron chi connectivity index (χ0n) is 19.0. The summed E-state index contributed by atoms with van der Waals surface area (Å²) in [4.78, 5) is 29.7. The van der Waals surface area contributed by atoms with Crippen molar-refractivity contribution in [1.29, 1.82) is 0 Å². The van der Waals surface area contributed by atoms with E-state index in [1.54, 1.807) is 0 Å². The second-order valence-corrected chi connectivity index (χ2v) is 10.3. The molecule has 4 rings (SSSR count). The van der Waals surface area contributed by atoms with E-state index in [-0.39, 0.29) is 17.6 Å². The van der Waals surface area contributed by atoms with Gasteiger partial charge in [-0.1, -0.05) is 47.7 Å². The van der Waals surface area contributed by atoms with Crippen LogP contribution in [0.15, 0.2) is 58.9 Å². The number of amides is 2. The van der Waals surface area contributed by atoms with Gasteiger partial charge in [0.1, 0.15) is 0 Å². The van der Waals surface area contributed by atoms with Crippen molar-refractivity contribution in [3.63, 3.8) is 0 Å². The van der Waals surface area contributed by atoms with Crippen LogP contribution < -0.4 is 10.6 Å². The Morgan fingerprint density at radius 1 is 0.909 bits per heavy atom. The van der Waals surface area contributed by atoms with Gasteiger partial charge >= 0.3 is 0 Å². The molecule has 0 saturated heterocycles. The number of aromatic nitrogens is 1. The molecule has 0 bridgehead atoms. The molecule has 33 heavy (non-hydrogen) atoms. The van der Waals surface area contributed by atoms with E-state index < -0.39 is 0 Å². The highest BCUT2D eigenvalue weighted by atomic mass is 32.2. The Balaban J connectivity index is 1.41. The molecule has 168 valence electrons. The molecular weight excluding hydrogens is 450 g/mol. The van der Waals surface area contributed by atoms with Crippen molar-refractivity contribution >= 4 is 56.5 Å². The minimum absolute atomic E-state index is 0.0551.